The molecule has 0 atom stereocenters. The third-order valence-electron chi connectivity index (χ3n) is 4.01. The number of aromatic nitrogens is 5. The summed E-state index contributed by atoms with van der Waals surface area (Å²) in [5, 5.41) is 18.3. The van der Waals surface area contributed by atoms with Gasteiger partial charge in [-0.25, -0.2) is 14.5 Å². The first-order valence-electron chi connectivity index (χ1n) is 9.54. The van der Waals surface area contributed by atoms with Crippen molar-refractivity contribution in [2.45, 2.75) is 13.0 Å². The number of nitrogens with zero attached hydrogens (tertiary/aromatic N) is 6. The Morgan fingerprint density at radius 3 is 2.71 bits per heavy atom. The second kappa shape index (κ2) is 11.4. The molecule has 0 unspecified atom stereocenters. The zero-order valence-electron chi connectivity index (χ0n) is 17.3. The third-order valence-corrected chi connectivity index (χ3v) is 4.01. The van der Waals surface area contributed by atoms with Crippen LogP contribution in [0.15, 0.2) is 53.7 Å². The Labute approximate surface area is 179 Å². The average molecular weight is 425 g/mol. The van der Waals surface area contributed by atoms with Gasteiger partial charge in [-0.3, -0.25) is 5.32 Å². The van der Waals surface area contributed by atoms with Gasteiger partial charge in [0.1, 0.15) is 5.82 Å². The Morgan fingerprint density at radius 1 is 1.13 bits per heavy atom. The second-order valence-electron chi connectivity index (χ2n) is 6.33. The maximum atomic E-state index is 11.8. The summed E-state index contributed by atoms with van der Waals surface area (Å²) in [7, 11) is 3.31. The number of oxime groups is 1. The molecular weight excluding hydrogens is 402 g/mol. The van der Waals surface area contributed by atoms with Crippen molar-refractivity contribution in [1.82, 2.24) is 25.2 Å². The first-order chi connectivity index (χ1) is 15.2. The fourth-order valence-electron chi connectivity index (χ4n) is 2.55. The van der Waals surface area contributed by atoms with Crippen LogP contribution in [0.2, 0.25) is 0 Å². The summed E-state index contributed by atoms with van der Waals surface area (Å²) >= 11 is 0. The number of amides is 1. The molecular formula is C20H23N7O4. The number of benzene rings is 1. The van der Waals surface area contributed by atoms with E-state index in [1.54, 1.807) is 32.4 Å². The van der Waals surface area contributed by atoms with Crippen LogP contribution in [0.25, 0.3) is 0 Å². The number of ether oxygens (including phenoxy) is 2. The van der Waals surface area contributed by atoms with Crippen LogP contribution < -0.4 is 5.32 Å². The molecule has 3 aromatic rings. The largest absolute Gasteiger partial charge is 0.449 e. The molecule has 11 heteroatoms. The van der Waals surface area contributed by atoms with Gasteiger partial charge in [-0.15, -0.1) is 5.10 Å². The molecule has 2 aromatic heterocycles. The number of anilines is 1. The smallest absolute Gasteiger partial charge is 0.412 e. The summed E-state index contributed by atoms with van der Waals surface area (Å²) in [5.74, 6) is 0.813. The lowest BCUT2D eigenvalue weighted by Crippen LogP contribution is -2.16. The highest BCUT2D eigenvalue weighted by atomic mass is 16.6. The van der Waals surface area contributed by atoms with Gasteiger partial charge in [0.05, 0.1) is 12.3 Å². The lowest BCUT2D eigenvalue weighted by Gasteiger charge is -2.08. The van der Waals surface area contributed by atoms with Crippen molar-refractivity contribution >= 4 is 17.6 Å². The maximum Gasteiger partial charge on any atom is 0.412 e. The second-order valence-corrected chi connectivity index (χ2v) is 6.33. The van der Waals surface area contributed by atoms with Gasteiger partial charge in [0, 0.05) is 32.7 Å². The molecule has 0 saturated carbocycles. The van der Waals surface area contributed by atoms with Crippen molar-refractivity contribution < 1.29 is 19.1 Å². The molecule has 0 spiro atoms. The number of methoxy groups -OCH3 is 1. The summed E-state index contributed by atoms with van der Waals surface area (Å²) in [5.41, 5.74) is 1.87. The van der Waals surface area contributed by atoms with Gasteiger partial charge in [0.15, 0.2) is 12.3 Å². The number of carbonyl (C=O) groups is 1. The van der Waals surface area contributed by atoms with E-state index in [0.717, 1.165) is 5.56 Å². The van der Waals surface area contributed by atoms with Crippen LogP contribution in [0.4, 0.5) is 10.6 Å². The van der Waals surface area contributed by atoms with E-state index in [1.165, 1.54) is 4.68 Å². The van der Waals surface area contributed by atoms with E-state index in [2.05, 4.69) is 31.0 Å². The standard InChI is InChI=1S/C20H23N7O4/c1-27-19(23-25-26-27)18(15-8-4-3-5-9-15)24-31-14-16-10-6-11-17(21-16)22-20(28)30-13-7-12-29-2/h3-6,8-11H,7,12-14H2,1-2H3,(H,21,22,28)/b24-18-. The summed E-state index contributed by atoms with van der Waals surface area (Å²) in [6, 6.07) is 14.6. The fourth-order valence-corrected chi connectivity index (χ4v) is 2.55. The number of pyridine rings is 1. The number of tetrazole rings is 1. The minimum atomic E-state index is -0.583. The molecule has 1 aromatic carbocycles. The van der Waals surface area contributed by atoms with Crippen molar-refractivity contribution in [3.05, 3.63) is 65.6 Å². The Hall–Kier alpha value is -3.86. The quantitative estimate of drug-likeness (QED) is 0.298. The minimum absolute atomic E-state index is 0.0834. The Bertz CT molecular complexity index is 1010. The van der Waals surface area contributed by atoms with E-state index in [4.69, 9.17) is 14.3 Å². The van der Waals surface area contributed by atoms with E-state index in [0.29, 0.717) is 36.1 Å². The number of hydrogen-bond donors (Lipinski definition) is 1. The summed E-state index contributed by atoms with van der Waals surface area (Å²) in [6.07, 6.45) is 0.0365. The number of nitrogens with one attached hydrogen (secondary N) is 1. The van der Waals surface area contributed by atoms with Crippen molar-refractivity contribution in [2.24, 2.45) is 12.2 Å². The highest BCUT2D eigenvalue weighted by Gasteiger charge is 2.15. The number of aryl methyl sites for hydroxylation is 1. The van der Waals surface area contributed by atoms with Crippen LogP contribution in [0.3, 0.4) is 0 Å². The Balaban J connectivity index is 1.63. The average Bonchev–Trinajstić information content (AvgIpc) is 3.21. The third kappa shape index (κ3) is 6.57. The van der Waals surface area contributed by atoms with Crippen molar-refractivity contribution in [3.8, 4) is 0 Å². The van der Waals surface area contributed by atoms with Gasteiger partial charge in [0.25, 0.3) is 0 Å². The van der Waals surface area contributed by atoms with Gasteiger partial charge in [-0.05, 0) is 22.6 Å². The van der Waals surface area contributed by atoms with Crippen molar-refractivity contribution in [3.63, 3.8) is 0 Å². The normalized spacial score (nSPS) is 11.2. The topological polar surface area (TPSA) is 126 Å². The van der Waals surface area contributed by atoms with E-state index in [1.807, 2.05) is 30.3 Å². The van der Waals surface area contributed by atoms with Gasteiger partial charge < -0.3 is 14.3 Å². The maximum absolute atomic E-state index is 11.8. The van der Waals surface area contributed by atoms with E-state index in [-0.39, 0.29) is 13.2 Å². The molecule has 11 nitrogen and oxygen atoms in total. The van der Waals surface area contributed by atoms with Crippen LogP contribution in [0, 0.1) is 0 Å². The number of hydrogen-bond acceptors (Lipinski definition) is 9. The molecule has 162 valence electrons. The lowest BCUT2D eigenvalue weighted by molar-refractivity contribution is 0.128. The van der Waals surface area contributed by atoms with E-state index >= 15 is 0 Å². The Morgan fingerprint density at radius 2 is 1.97 bits per heavy atom. The van der Waals surface area contributed by atoms with Crippen LogP contribution >= 0.6 is 0 Å². The fraction of sp³-hybridized carbons (Fsp3) is 0.300. The molecule has 1 N–H and O–H groups in total. The predicted molar refractivity (Wildman–Crippen MR) is 111 cm³/mol. The summed E-state index contributed by atoms with van der Waals surface area (Å²) in [6.45, 7) is 0.866. The van der Waals surface area contributed by atoms with E-state index < -0.39 is 6.09 Å². The molecule has 31 heavy (non-hydrogen) atoms. The zero-order chi connectivity index (χ0) is 21.9. The molecule has 3 rings (SSSR count). The van der Waals surface area contributed by atoms with Gasteiger partial charge in [-0.2, -0.15) is 0 Å². The molecule has 0 aliphatic carbocycles. The monoisotopic (exact) mass is 425 g/mol. The highest BCUT2D eigenvalue weighted by Crippen LogP contribution is 2.10. The molecule has 0 fully saturated rings. The summed E-state index contributed by atoms with van der Waals surface area (Å²) in [4.78, 5) is 21.7. The van der Waals surface area contributed by atoms with Crippen LogP contribution in [-0.2, 0) is 28.0 Å². The summed E-state index contributed by atoms with van der Waals surface area (Å²) < 4.78 is 11.5. The molecule has 0 aliphatic heterocycles. The van der Waals surface area contributed by atoms with E-state index in [9.17, 15) is 4.79 Å². The molecule has 2 heterocycles. The zero-order valence-corrected chi connectivity index (χ0v) is 17.3. The number of carbonyl (C=O) groups excluding carboxylic acids is 1. The predicted octanol–water partition coefficient (Wildman–Crippen LogP) is 2.16. The van der Waals surface area contributed by atoms with Gasteiger partial charge in [0.2, 0.25) is 5.82 Å². The van der Waals surface area contributed by atoms with Crippen molar-refractivity contribution in [2.75, 3.05) is 25.6 Å². The highest BCUT2D eigenvalue weighted by molar-refractivity contribution is 6.10. The lowest BCUT2D eigenvalue weighted by atomic mass is 10.1. The van der Waals surface area contributed by atoms with Crippen LogP contribution in [-0.4, -0.2) is 57.3 Å². The van der Waals surface area contributed by atoms with Gasteiger partial charge in [-0.1, -0.05) is 41.6 Å². The number of rotatable bonds is 10. The van der Waals surface area contributed by atoms with Crippen LogP contribution in [0.1, 0.15) is 23.5 Å². The minimum Gasteiger partial charge on any atom is -0.449 e. The molecule has 1 amide bonds. The van der Waals surface area contributed by atoms with Crippen LogP contribution in [0.5, 0.6) is 0 Å². The van der Waals surface area contributed by atoms with Crippen molar-refractivity contribution in [1.29, 1.82) is 0 Å². The molecule has 0 bridgehead atoms. The Kier molecular flexibility index (Phi) is 8.00. The molecule has 0 radical (unpaired) electrons. The SMILES string of the molecule is COCCCOC(=O)Nc1cccc(CO/N=C(/c2ccccc2)c2nnnn2C)n1. The molecule has 0 aliphatic rings. The molecule has 0 saturated heterocycles. The first kappa shape index (κ1) is 21.8. The first-order valence-corrected chi connectivity index (χ1v) is 9.54. The van der Waals surface area contributed by atoms with Gasteiger partial charge >= 0.3 is 6.09 Å².